The van der Waals surface area contributed by atoms with Crippen molar-refractivity contribution in [3.63, 3.8) is 0 Å². The number of amides is 1. The Balaban J connectivity index is 1.98. The van der Waals surface area contributed by atoms with Crippen molar-refractivity contribution in [2.24, 2.45) is 0 Å². The van der Waals surface area contributed by atoms with Gasteiger partial charge in [-0.1, -0.05) is 6.07 Å². The molecule has 1 aromatic carbocycles. The van der Waals surface area contributed by atoms with Gasteiger partial charge in [-0.15, -0.1) is 11.3 Å². The van der Waals surface area contributed by atoms with Gasteiger partial charge in [-0.2, -0.15) is 13.2 Å². The summed E-state index contributed by atoms with van der Waals surface area (Å²) in [6, 6.07) is 8.02. The normalized spacial score (nSPS) is 11.8. The lowest BCUT2D eigenvalue weighted by atomic mass is 10.2. The lowest BCUT2D eigenvalue weighted by molar-refractivity contribution is -0.137. The quantitative estimate of drug-likeness (QED) is 0.835. The molecule has 0 unspecified atom stereocenters. The summed E-state index contributed by atoms with van der Waals surface area (Å²) in [6.45, 7) is 0. The summed E-state index contributed by atoms with van der Waals surface area (Å²) in [6.07, 6.45) is -1.39. The van der Waals surface area contributed by atoms with E-state index in [1.807, 2.05) is 17.5 Å². The van der Waals surface area contributed by atoms with Crippen LogP contribution in [0, 0.1) is 0 Å². The van der Waals surface area contributed by atoms with Crippen LogP contribution in [0.3, 0.4) is 0 Å². The first-order valence-corrected chi connectivity index (χ1v) is 6.53. The Morgan fingerprint density at radius 1 is 1.15 bits per heavy atom. The molecule has 6 heteroatoms. The lowest BCUT2D eigenvalue weighted by Crippen LogP contribution is -2.09. The van der Waals surface area contributed by atoms with Crippen molar-refractivity contribution in [1.29, 1.82) is 0 Å². The third kappa shape index (κ3) is 3.96. The number of hydrogen-bond acceptors (Lipinski definition) is 2. The van der Waals surface area contributed by atoms with Crippen LogP contribution in [0.2, 0.25) is 0 Å². The number of rotatable bonds is 3. The Morgan fingerprint density at radius 2 is 1.85 bits per heavy atom. The number of hydrogen-bond donors (Lipinski definition) is 1. The summed E-state index contributed by atoms with van der Waals surface area (Å²) in [7, 11) is 0. The molecule has 1 N–H and O–H groups in total. The van der Waals surface area contributed by atoms with Crippen LogP contribution in [-0.2, 0) is 11.0 Å². The van der Waals surface area contributed by atoms with Crippen molar-refractivity contribution < 1.29 is 18.0 Å². The minimum atomic E-state index is -4.37. The second-order valence-corrected chi connectivity index (χ2v) is 4.89. The van der Waals surface area contributed by atoms with Crippen LogP contribution in [0.25, 0.3) is 6.08 Å². The predicted octanol–water partition coefficient (Wildman–Crippen LogP) is 4.42. The third-order valence-electron chi connectivity index (χ3n) is 2.42. The predicted molar refractivity (Wildman–Crippen MR) is 73.4 cm³/mol. The first-order chi connectivity index (χ1) is 9.45. The Bertz CT molecular complexity index is 600. The molecular weight excluding hydrogens is 287 g/mol. The molecule has 1 heterocycles. The van der Waals surface area contributed by atoms with Gasteiger partial charge in [0.1, 0.15) is 0 Å². The number of benzene rings is 1. The number of thiophene rings is 1. The SMILES string of the molecule is O=C(/C=C/c1cccs1)Nc1ccc(C(F)(F)F)cc1. The number of anilines is 1. The molecule has 2 nitrogen and oxygen atoms in total. The molecule has 20 heavy (non-hydrogen) atoms. The number of alkyl halides is 3. The molecule has 0 radical (unpaired) electrons. The standard InChI is InChI=1S/C14H10F3NOS/c15-14(16,17)10-3-5-11(6-4-10)18-13(19)8-7-12-2-1-9-20-12/h1-9H,(H,18,19)/b8-7+. The van der Waals surface area contributed by atoms with Gasteiger partial charge in [-0.05, 0) is 41.8 Å². The van der Waals surface area contributed by atoms with E-state index in [1.54, 1.807) is 6.08 Å². The van der Waals surface area contributed by atoms with Gasteiger partial charge >= 0.3 is 6.18 Å². The second kappa shape index (κ2) is 5.92. The van der Waals surface area contributed by atoms with Gasteiger partial charge in [0.15, 0.2) is 0 Å². The summed E-state index contributed by atoms with van der Waals surface area (Å²) in [5, 5.41) is 4.38. The zero-order chi connectivity index (χ0) is 14.6. The summed E-state index contributed by atoms with van der Waals surface area (Å²) in [5.41, 5.74) is -0.427. The van der Waals surface area contributed by atoms with E-state index in [9.17, 15) is 18.0 Å². The van der Waals surface area contributed by atoms with Crippen LogP contribution in [0.5, 0.6) is 0 Å². The first kappa shape index (κ1) is 14.3. The van der Waals surface area contributed by atoms with Crippen LogP contribution in [0.15, 0.2) is 47.9 Å². The summed E-state index contributed by atoms with van der Waals surface area (Å²) >= 11 is 1.48. The van der Waals surface area contributed by atoms with Gasteiger partial charge in [0.05, 0.1) is 5.56 Å². The highest BCUT2D eigenvalue weighted by Gasteiger charge is 2.29. The van der Waals surface area contributed by atoms with Gasteiger partial charge in [0.2, 0.25) is 5.91 Å². The van der Waals surface area contributed by atoms with Crippen LogP contribution in [0.4, 0.5) is 18.9 Å². The minimum Gasteiger partial charge on any atom is -0.323 e. The fraction of sp³-hybridized carbons (Fsp3) is 0.0714. The van der Waals surface area contributed by atoms with E-state index in [4.69, 9.17) is 0 Å². The van der Waals surface area contributed by atoms with Gasteiger partial charge in [-0.25, -0.2) is 0 Å². The van der Waals surface area contributed by atoms with Crippen molar-refractivity contribution in [2.75, 3.05) is 5.32 Å². The molecule has 0 spiro atoms. The van der Waals surface area contributed by atoms with E-state index in [1.165, 1.54) is 29.5 Å². The average molecular weight is 297 g/mol. The van der Waals surface area contributed by atoms with Gasteiger partial charge < -0.3 is 5.32 Å². The summed E-state index contributed by atoms with van der Waals surface area (Å²) < 4.78 is 37.1. The largest absolute Gasteiger partial charge is 0.416 e. The fourth-order valence-corrected chi connectivity index (χ4v) is 2.09. The van der Waals surface area contributed by atoms with E-state index in [0.29, 0.717) is 5.69 Å². The number of carbonyl (C=O) groups excluding carboxylic acids is 1. The van der Waals surface area contributed by atoms with Crippen molar-refractivity contribution in [3.8, 4) is 0 Å². The molecule has 2 rings (SSSR count). The van der Waals surface area contributed by atoms with Gasteiger partial charge in [0.25, 0.3) is 0 Å². The topological polar surface area (TPSA) is 29.1 Å². The molecule has 0 aliphatic heterocycles. The molecule has 0 saturated carbocycles. The highest BCUT2D eigenvalue weighted by atomic mass is 32.1. The Hall–Kier alpha value is -2.08. The Kier molecular flexibility index (Phi) is 4.24. The van der Waals surface area contributed by atoms with Crippen LogP contribution in [-0.4, -0.2) is 5.91 Å². The van der Waals surface area contributed by atoms with E-state index in [-0.39, 0.29) is 0 Å². The van der Waals surface area contributed by atoms with Crippen LogP contribution >= 0.6 is 11.3 Å². The van der Waals surface area contributed by atoms with Crippen LogP contribution in [0.1, 0.15) is 10.4 Å². The van der Waals surface area contributed by atoms with Crippen molar-refractivity contribution in [1.82, 2.24) is 0 Å². The molecule has 0 bridgehead atoms. The highest BCUT2D eigenvalue weighted by molar-refractivity contribution is 7.10. The third-order valence-corrected chi connectivity index (χ3v) is 3.26. The number of halogens is 3. The molecule has 104 valence electrons. The highest BCUT2D eigenvalue weighted by Crippen LogP contribution is 2.29. The first-order valence-electron chi connectivity index (χ1n) is 5.65. The smallest absolute Gasteiger partial charge is 0.323 e. The van der Waals surface area contributed by atoms with E-state index in [2.05, 4.69) is 5.32 Å². The zero-order valence-electron chi connectivity index (χ0n) is 10.1. The maximum Gasteiger partial charge on any atom is 0.416 e. The van der Waals surface area contributed by atoms with E-state index >= 15 is 0 Å². The summed E-state index contributed by atoms with van der Waals surface area (Å²) in [5.74, 6) is -0.391. The molecule has 0 aliphatic rings. The number of carbonyl (C=O) groups is 1. The second-order valence-electron chi connectivity index (χ2n) is 3.91. The molecule has 2 aromatic rings. The van der Waals surface area contributed by atoms with Crippen molar-refractivity contribution in [2.45, 2.75) is 6.18 Å². The lowest BCUT2D eigenvalue weighted by Gasteiger charge is -2.07. The maximum absolute atomic E-state index is 12.4. The molecule has 0 aliphatic carbocycles. The van der Waals surface area contributed by atoms with Gasteiger partial charge in [0, 0.05) is 16.6 Å². The maximum atomic E-state index is 12.4. The molecule has 0 fully saturated rings. The van der Waals surface area contributed by atoms with Crippen molar-refractivity contribution in [3.05, 3.63) is 58.3 Å². The molecule has 0 atom stereocenters. The molecule has 1 amide bonds. The fourth-order valence-electron chi connectivity index (χ4n) is 1.47. The monoisotopic (exact) mass is 297 g/mol. The Labute approximate surface area is 117 Å². The van der Waals surface area contributed by atoms with E-state index in [0.717, 1.165) is 17.0 Å². The molecule has 1 aromatic heterocycles. The zero-order valence-corrected chi connectivity index (χ0v) is 11.0. The molecule has 0 saturated heterocycles. The Morgan fingerprint density at radius 3 is 2.40 bits per heavy atom. The van der Waals surface area contributed by atoms with Crippen molar-refractivity contribution >= 4 is 29.0 Å². The van der Waals surface area contributed by atoms with Crippen LogP contribution < -0.4 is 5.32 Å². The number of nitrogens with one attached hydrogen (secondary N) is 1. The average Bonchev–Trinajstić information content (AvgIpc) is 2.89. The molecular formula is C14H10F3NOS. The summed E-state index contributed by atoms with van der Waals surface area (Å²) in [4.78, 5) is 12.5. The van der Waals surface area contributed by atoms with E-state index < -0.39 is 17.6 Å². The minimum absolute atomic E-state index is 0.318. The van der Waals surface area contributed by atoms with Gasteiger partial charge in [-0.3, -0.25) is 4.79 Å².